The van der Waals surface area contributed by atoms with Crippen LogP contribution < -0.4 is 26.0 Å². The van der Waals surface area contributed by atoms with E-state index in [-0.39, 0.29) is 24.0 Å². The average Bonchev–Trinajstić information content (AvgIpc) is 3.45. The summed E-state index contributed by atoms with van der Waals surface area (Å²) in [6, 6.07) is 16.5. The second-order valence-electron chi connectivity index (χ2n) is 9.12. The highest BCUT2D eigenvalue weighted by Crippen LogP contribution is 2.46. The summed E-state index contributed by atoms with van der Waals surface area (Å²) in [4.78, 5) is 33.8. The van der Waals surface area contributed by atoms with Gasteiger partial charge in [0.25, 0.3) is 5.91 Å². The number of nitrogens with two attached hydrogens (primary N) is 1. The minimum atomic E-state index is -0.333. The number of rotatable bonds is 5. The highest BCUT2D eigenvalue weighted by Gasteiger charge is 2.34. The molecule has 1 saturated carbocycles. The summed E-state index contributed by atoms with van der Waals surface area (Å²) in [5, 5.41) is 6.77. The van der Waals surface area contributed by atoms with Gasteiger partial charge >= 0.3 is 6.03 Å². The maximum Gasteiger partial charge on any atom is 0.331 e. The molecule has 1 aliphatic carbocycles. The number of nitrogens with zero attached hydrogens (tertiary/aromatic N) is 2. The Hall–Kier alpha value is -3.95. The predicted octanol–water partition coefficient (Wildman–Crippen LogP) is 5.69. The zero-order valence-corrected chi connectivity index (χ0v) is 20.5. The van der Waals surface area contributed by atoms with Crippen LogP contribution in [0.5, 0.6) is 11.5 Å². The van der Waals surface area contributed by atoms with Gasteiger partial charge in [0.1, 0.15) is 21.2 Å². The van der Waals surface area contributed by atoms with Gasteiger partial charge in [-0.3, -0.25) is 9.69 Å². The monoisotopic (exact) mass is 499 g/mol. The summed E-state index contributed by atoms with van der Waals surface area (Å²) >= 11 is 1.28. The van der Waals surface area contributed by atoms with Crippen molar-refractivity contribution in [3.63, 3.8) is 0 Å². The number of hydrogen-bond acceptors (Lipinski definition) is 6. The van der Waals surface area contributed by atoms with E-state index in [2.05, 4.69) is 15.6 Å². The van der Waals surface area contributed by atoms with Gasteiger partial charge in [-0.1, -0.05) is 18.2 Å². The summed E-state index contributed by atoms with van der Waals surface area (Å²) in [5.41, 5.74) is 8.93. The first-order valence-corrected chi connectivity index (χ1v) is 12.7. The Kier molecular flexibility index (Phi) is 5.58. The zero-order chi connectivity index (χ0) is 24.8. The third-order valence-corrected chi connectivity index (χ3v) is 7.82. The minimum absolute atomic E-state index is 0.0460. The number of aryl methyl sites for hydroxylation is 1. The van der Waals surface area contributed by atoms with Crippen molar-refractivity contribution in [1.29, 1.82) is 0 Å². The summed E-state index contributed by atoms with van der Waals surface area (Å²) in [5.74, 6) is 1.19. The Morgan fingerprint density at radius 1 is 1.14 bits per heavy atom. The lowest BCUT2D eigenvalue weighted by Gasteiger charge is -2.29. The lowest BCUT2D eigenvalue weighted by Crippen LogP contribution is -2.44. The Morgan fingerprint density at radius 2 is 1.97 bits per heavy atom. The van der Waals surface area contributed by atoms with Crippen molar-refractivity contribution in [3.8, 4) is 11.5 Å². The second kappa shape index (κ2) is 8.92. The molecular weight excluding hydrogens is 474 g/mol. The van der Waals surface area contributed by atoms with Crippen molar-refractivity contribution in [3.05, 3.63) is 71.2 Å². The molecule has 36 heavy (non-hydrogen) atoms. The number of thiophene rings is 1. The molecule has 1 fully saturated rings. The molecule has 3 amide bonds. The van der Waals surface area contributed by atoms with E-state index in [1.807, 2.05) is 55.5 Å². The molecule has 8 nitrogen and oxygen atoms in total. The molecule has 2 aromatic heterocycles. The third-order valence-electron chi connectivity index (χ3n) is 6.73. The topological polar surface area (TPSA) is 110 Å². The van der Waals surface area contributed by atoms with Gasteiger partial charge in [0.2, 0.25) is 0 Å². The van der Waals surface area contributed by atoms with Crippen molar-refractivity contribution >= 4 is 50.6 Å². The van der Waals surface area contributed by atoms with E-state index in [0.29, 0.717) is 26.8 Å². The van der Waals surface area contributed by atoms with Crippen LogP contribution >= 0.6 is 11.3 Å². The molecule has 6 rings (SSSR count). The van der Waals surface area contributed by atoms with E-state index in [4.69, 9.17) is 10.5 Å². The molecule has 1 aliphatic heterocycles. The molecule has 0 spiro atoms. The normalized spacial score (nSPS) is 18.8. The number of para-hydroxylation sites is 1. The molecule has 2 aromatic carbocycles. The number of anilines is 3. The number of hydrogen-bond donors (Lipinski definition) is 3. The van der Waals surface area contributed by atoms with Crippen LogP contribution in [0.4, 0.5) is 21.9 Å². The Morgan fingerprint density at radius 3 is 2.72 bits per heavy atom. The number of carbonyl (C=O) groups is 2. The quantitative estimate of drug-likeness (QED) is 0.327. The number of ether oxygens (including phenoxy) is 1. The summed E-state index contributed by atoms with van der Waals surface area (Å²) in [6.45, 7) is 1.94. The van der Waals surface area contributed by atoms with Crippen molar-refractivity contribution in [1.82, 2.24) is 10.3 Å². The van der Waals surface area contributed by atoms with Gasteiger partial charge in [-0.05, 0) is 68.1 Å². The maximum absolute atomic E-state index is 13.4. The largest absolute Gasteiger partial charge is 0.457 e. The number of urea groups is 1. The first-order valence-electron chi connectivity index (χ1n) is 11.9. The van der Waals surface area contributed by atoms with Gasteiger partial charge in [-0.15, -0.1) is 11.3 Å². The average molecular weight is 500 g/mol. The Bertz CT molecular complexity index is 1490. The van der Waals surface area contributed by atoms with Crippen molar-refractivity contribution < 1.29 is 14.3 Å². The van der Waals surface area contributed by atoms with Crippen molar-refractivity contribution in [2.24, 2.45) is 5.73 Å². The molecule has 182 valence electrons. The van der Waals surface area contributed by atoms with E-state index >= 15 is 0 Å². The molecule has 0 bridgehead atoms. The Labute approximate surface area is 212 Å². The summed E-state index contributed by atoms with van der Waals surface area (Å²) < 4.78 is 5.95. The van der Waals surface area contributed by atoms with Crippen LogP contribution in [-0.2, 0) is 0 Å². The smallest absolute Gasteiger partial charge is 0.331 e. The lowest BCUT2D eigenvalue weighted by molar-refractivity contribution is 0.0939. The number of benzene rings is 2. The van der Waals surface area contributed by atoms with Crippen LogP contribution in [0.25, 0.3) is 10.2 Å². The van der Waals surface area contributed by atoms with E-state index < -0.39 is 0 Å². The zero-order valence-electron chi connectivity index (χ0n) is 19.7. The number of amides is 3. The second-order valence-corrected chi connectivity index (χ2v) is 10.1. The summed E-state index contributed by atoms with van der Waals surface area (Å²) in [7, 11) is 0. The predicted molar refractivity (Wildman–Crippen MR) is 142 cm³/mol. The van der Waals surface area contributed by atoms with Gasteiger partial charge in [0, 0.05) is 18.3 Å². The molecule has 2 aliphatic rings. The molecule has 0 radical (unpaired) electrons. The summed E-state index contributed by atoms with van der Waals surface area (Å²) in [6.07, 6.45) is 4.42. The number of pyridine rings is 1. The van der Waals surface area contributed by atoms with Gasteiger partial charge in [-0.25, -0.2) is 9.78 Å². The molecule has 3 heterocycles. The van der Waals surface area contributed by atoms with Crippen molar-refractivity contribution in [2.45, 2.75) is 38.3 Å². The third kappa shape index (κ3) is 3.86. The number of nitrogens with one attached hydrogen (secondary N) is 2. The van der Waals surface area contributed by atoms with Gasteiger partial charge in [-0.2, -0.15) is 0 Å². The van der Waals surface area contributed by atoms with Crippen LogP contribution in [0.2, 0.25) is 0 Å². The highest BCUT2D eigenvalue weighted by atomic mass is 32.1. The van der Waals surface area contributed by atoms with Crippen LogP contribution in [0.15, 0.2) is 60.8 Å². The molecule has 4 aromatic rings. The minimum Gasteiger partial charge on any atom is -0.457 e. The highest BCUT2D eigenvalue weighted by molar-refractivity contribution is 7.21. The van der Waals surface area contributed by atoms with Crippen LogP contribution in [-0.4, -0.2) is 29.0 Å². The molecule has 0 saturated heterocycles. The van der Waals surface area contributed by atoms with Crippen LogP contribution in [0, 0.1) is 6.92 Å². The fraction of sp³-hybridized carbons (Fsp3) is 0.222. The lowest BCUT2D eigenvalue weighted by atomic mass is 10.1. The number of carbonyl (C=O) groups excluding carboxylic acids is 2. The van der Waals surface area contributed by atoms with Crippen LogP contribution in [0.3, 0.4) is 0 Å². The SMILES string of the molecule is Cc1cc(Oc2ccccc2)ccc1N1C(=O)Nc2c(C(=O)N[C@H]3CCC[C@H]3N)sc3nccc1c23. The standard InChI is InChI=1S/C27H25N5O3S/c1-15-14-17(35-16-6-3-2-4-7-16)10-11-20(15)32-21-12-13-29-26-22(21)23(31-27(32)34)24(36-26)25(33)30-19-9-5-8-18(19)28/h2-4,6-7,10-14,18-19H,5,8-9,28H2,1H3,(H,30,33)(H,31,34)/t18-,19+/m1/s1. The first-order chi connectivity index (χ1) is 17.5. The van der Waals surface area contributed by atoms with E-state index in [9.17, 15) is 9.59 Å². The molecule has 0 unspecified atom stereocenters. The molecule has 9 heteroatoms. The fourth-order valence-electron chi connectivity index (χ4n) is 4.95. The van der Waals surface area contributed by atoms with E-state index in [1.165, 1.54) is 11.3 Å². The van der Waals surface area contributed by atoms with Gasteiger partial charge in [0.05, 0.1) is 22.4 Å². The maximum atomic E-state index is 13.4. The van der Waals surface area contributed by atoms with Gasteiger partial charge in [0.15, 0.2) is 0 Å². The van der Waals surface area contributed by atoms with Crippen molar-refractivity contribution in [2.75, 3.05) is 10.2 Å². The van der Waals surface area contributed by atoms with Crippen LogP contribution in [0.1, 0.15) is 34.5 Å². The van der Waals surface area contributed by atoms with E-state index in [1.54, 1.807) is 17.2 Å². The molecular formula is C27H25N5O3S. The fourth-order valence-corrected chi connectivity index (χ4v) is 5.97. The van der Waals surface area contributed by atoms with E-state index in [0.717, 1.165) is 41.6 Å². The van der Waals surface area contributed by atoms with Gasteiger partial charge < -0.3 is 21.1 Å². The Balaban J connectivity index is 1.35. The first kappa shape index (κ1) is 22.5. The molecule has 2 atom stereocenters. The molecule has 4 N–H and O–H groups in total. The number of aromatic nitrogens is 1.